The van der Waals surface area contributed by atoms with Gasteiger partial charge in [-0.2, -0.15) is 0 Å². The van der Waals surface area contributed by atoms with Crippen molar-refractivity contribution in [3.05, 3.63) is 58.6 Å². The molecule has 3 rings (SSSR count). The maximum Gasteiger partial charge on any atom is 0.267 e. The average Bonchev–Trinajstić information content (AvgIpc) is 3.12. The first-order chi connectivity index (χ1) is 14.4. The molecule has 30 heavy (non-hydrogen) atoms. The second-order valence-electron chi connectivity index (χ2n) is 6.94. The molecule has 0 bridgehead atoms. The Kier molecular flexibility index (Phi) is 8.50. The topological polar surface area (TPSA) is 50.8 Å². The van der Waals surface area contributed by atoms with Gasteiger partial charge in [-0.1, -0.05) is 23.2 Å². The lowest BCUT2D eigenvalue weighted by atomic mass is 10.3. The summed E-state index contributed by atoms with van der Waals surface area (Å²) >= 11 is 12.5. The predicted octanol–water partition coefficient (Wildman–Crippen LogP) is 4.98. The highest BCUT2D eigenvalue weighted by Crippen LogP contribution is 2.34. The molecule has 9 heteroatoms. The Morgan fingerprint density at radius 2 is 1.67 bits per heavy atom. The van der Waals surface area contributed by atoms with Gasteiger partial charge in [0.2, 0.25) is 0 Å². The summed E-state index contributed by atoms with van der Waals surface area (Å²) in [5.41, 5.74) is 0. The van der Waals surface area contributed by atoms with Crippen LogP contribution in [0, 0.1) is 0 Å². The molecule has 0 spiro atoms. The molecular weight excluding hydrogens is 450 g/mol. The Morgan fingerprint density at radius 3 is 2.30 bits per heavy atom. The van der Waals surface area contributed by atoms with Crippen LogP contribution in [0.3, 0.4) is 0 Å². The van der Waals surface area contributed by atoms with Crippen molar-refractivity contribution in [2.24, 2.45) is 0 Å². The highest BCUT2D eigenvalue weighted by atomic mass is 35.5. The smallest absolute Gasteiger partial charge is 0.267 e. The Hall–Kier alpha value is -1.67. The second-order valence-corrected chi connectivity index (χ2v) is 8.95. The Labute approximate surface area is 189 Å². The molecular formula is C21H23Cl2FN2O3S. The zero-order valence-corrected chi connectivity index (χ0v) is 18.6. The SMILES string of the molecule is O=C(COc1ccc(Cl)cc1)NSC1(F)CCN(CCCOc2ccc(Cl)cc2)C1. The zero-order valence-electron chi connectivity index (χ0n) is 16.3. The second kappa shape index (κ2) is 11.1. The minimum Gasteiger partial charge on any atom is -0.494 e. The lowest BCUT2D eigenvalue weighted by molar-refractivity contribution is -0.121. The number of amides is 1. The molecule has 0 aliphatic carbocycles. The van der Waals surface area contributed by atoms with Gasteiger partial charge in [0.05, 0.1) is 6.61 Å². The number of nitrogens with one attached hydrogen (secondary N) is 1. The standard InChI is InChI=1S/C21H23Cl2FN2O3S/c22-16-2-6-18(7-3-16)28-13-1-11-26-12-10-21(24,15-26)30-25-20(27)14-29-19-8-4-17(23)5-9-19/h2-9H,1,10-15H2,(H,25,27). The van der Waals surface area contributed by atoms with Gasteiger partial charge in [0.15, 0.2) is 11.6 Å². The molecule has 5 nitrogen and oxygen atoms in total. The van der Waals surface area contributed by atoms with Crippen molar-refractivity contribution < 1.29 is 18.7 Å². The maximum absolute atomic E-state index is 14.9. The van der Waals surface area contributed by atoms with E-state index in [4.69, 9.17) is 32.7 Å². The first kappa shape index (κ1) is 23.0. The van der Waals surface area contributed by atoms with Crippen LogP contribution in [0.15, 0.2) is 48.5 Å². The van der Waals surface area contributed by atoms with Crippen molar-refractivity contribution in [1.82, 2.24) is 9.62 Å². The van der Waals surface area contributed by atoms with Crippen molar-refractivity contribution in [2.45, 2.75) is 17.8 Å². The summed E-state index contributed by atoms with van der Waals surface area (Å²) < 4.78 is 28.5. The number of alkyl halides is 1. The molecule has 0 saturated carbocycles. The third kappa shape index (κ3) is 7.54. The number of carbonyl (C=O) groups is 1. The summed E-state index contributed by atoms with van der Waals surface area (Å²) in [6.07, 6.45) is 1.14. The van der Waals surface area contributed by atoms with E-state index < -0.39 is 5.00 Å². The summed E-state index contributed by atoms with van der Waals surface area (Å²) in [4.78, 5) is 14.0. The van der Waals surface area contributed by atoms with Crippen molar-refractivity contribution >= 4 is 41.1 Å². The molecule has 2 aromatic carbocycles. The van der Waals surface area contributed by atoms with Crippen molar-refractivity contribution in [2.75, 3.05) is 32.8 Å². The lowest BCUT2D eigenvalue weighted by Crippen LogP contribution is -2.33. The van der Waals surface area contributed by atoms with Crippen LogP contribution in [0.1, 0.15) is 12.8 Å². The lowest BCUT2D eigenvalue weighted by Gasteiger charge is -2.20. The normalized spacial score (nSPS) is 18.9. The fourth-order valence-electron chi connectivity index (χ4n) is 2.96. The molecule has 1 aliphatic rings. The maximum atomic E-state index is 14.9. The quantitative estimate of drug-likeness (QED) is 0.390. The van der Waals surface area contributed by atoms with Crippen molar-refractivity contribution in [3.8, 4) is 11.5 Å². The van der Waals surface area contributed by atoms with Crippen LogP contribution in [0.2, 0.25) is 10.0 Å². The van der Waals surface area contributed by atoms with Gasteiger partial charge in [-0.3, -0.25) is 14.4 Å². The summed E-state index contributed by atoms with van der Waals surface area (Å²) in [6.45, 7) is 1.99. The van der Waals surface area contributed by atoms with E-state index >= 15 is 0 Å². The van der Waals surface area contributed by atoms with Crippen LogP contribution in [0.4, 0.5) is 4.39 Å². The molecule has 1 unspecified atom stereocenters. The van der Waals surface area contributed by atoms with Gasteiger partial charge >= 0.3 is 0 Å². The number of rotatable bonds is 10. The van der Waals surface area contributed by atoms with Crippen LogP contribution >= 0.6 is 35.1 Å². The summed E-state index contributed by atoms with van der Waals surface area (Å²) in [6, 6.07) is 13.9. The van der Waals surface area contributed by atoms with E-state index in [1.807, 2.05) is 17.0 Å². The largest absolute Gasteiger partial charge is 0.494 e. The van der Waals surface area contributed by atoms with E-state index in [2.05, 4.69) is 4.72 Å². The number of likely N-dealkylation sites (tertiary alicyclic amines) is 1. The molecule has 0 radical (unpaired) electrons. The first-order valence-electron chi connectivity index (χ1n) is 9.57. The molecule has 1 amide bonds. The monoisotopic (exact) mass is 472 g/mol. The van der Waals surface area contributed by atoms with Crippen molar-refractivity contribution in [3.63, 3.8) is 0 Å². The summed E-state index contributed by atoms with van der Waals surface area (Å²) in [5.74, 6) is 0.906. The van der Waals surface area contributed by atoms with E-state index in [0.29, 0.717) is 35.4 Å². The number of benzene rings is 2. The number of ether oxygens (including phenoxy) is 2. The predicted molar refractivity (Wildman–Crippen MR) is 119 cm³/mol. The molecule has 162 valence electrons. The highest BCUT2D eigenvalue weighted by molar-refractivity contribution is 7.99. The number of nitrogens with zero attached hydrogens (tertiary/aromatic N) is 1. The third-order valence-corrected chi connectivity index (χ3v) is 6.03. The van der Waals surface area contributed by atoms with Crippen LogP contribution in [0.25, 0.3) is 0 Å². The van der Waals surface area contributed by atoms with Crippen LogP contribution in [-0.4, -0.2) is 48.7 Å². The summed E-state index contributed by atoms with van der Waals surface area (Å²) in [7, 11) is 0. The molecule has 2 aromatic rings. The minimum absolute atomic E-state index is 0.184. The molecule has 1 saturated heterocycles. The Bertz CT molecular complexity index is 826. The molecule has 1 fully saturated rings. The van der Waals surface area contributed by atoms with Gasteiger partial charge in [0.25, 0.3) is 5.91 Å². The summed E-state index contributed by atoms with van der Waals surface area (Å²) in [5, 5.41) is -0.253. The van der Waals surface area contributed by atoms with E-state index in [1.165, 1.54) is 0 Å². The average molecular weight is 473 g/mol. The van der Waals surface area contributed by atoms with Crippen LogP contribution in [0.5, 0.6) is 11.5 Å². The van der Waals surface area contributed by atoms with Crippen LogP contribution < -0.4 is 14.2 Å². The van der Waals surface area contributed by atoms with Gasteiger partial charge in [0, 0.05) is 36.1 Å². The van der Waals surface area contributed by atoms with Gasteiger partial charge < -0.3 is 9.47 Å². The van der Waals surface area contributed by atoms with Crippen molar-refractivity contribution in [1.29, 1.82) is 0 Å². The third-order valence-electron chi connectivity index (χ3n) is 4.49. The van der Waals surface area contributed by atoms with E-state index in [1.54, 1.807) is 36.4 Å². The number of halogens is 3. The van der Waals surface area contributed by atoms with E-state index in [0.717, 1.165) is 30.7 Å². The molecule has 0 aromatic heterocycles. The van der Waals surface area contributed by atoms with Gasteiger partial charge in [-0.05, 0) is 66.9 Å². The number of hydrogen-bond acceptors (Lipinski definition) is 5. The van der Waals surface area contributed by atoms with Gasteiger partial charge in [-0.25, -0.2) is 4.39 Å². The van der Waals surface area contributed by atoms with E-state index in [-0.39, 0.29) is 19.1 Å². The van der Waals surface area contributed by atoms with E-state index in [9.17, 15) is 9.18 Å². The molecule has 1 aliphatic heterocycles. The fourth-order valence-corrected chi connectivity index (χ4v) is 4.01. The Balaban J connectivity index is 1.30. The number of hydrogen-bond donors (Lipinski definition) is 1. The Morgan fingerprint density at radius 1 is 1.07 bits per heavy atom. The minimum atomic E-state index is -1.51. The molecule has 1 atom stereocenters. The molecule has 1 N–H and O–H groups in total. The van der Waals surface area contributed by atoms with Gasteiger partial charge in [0.1, 0.15) is 11.5 Å². The first-order valence-corrected chi connectivity index (χ1v) is 11.1. The molecule has 1 heterocycles. The zero-order chi connectivity index (χ0) is 21.4. The number of carbonyl (C=O) groups excluding carboxylic acids is 1. The van der Waals surface area contributed by atoms with Gasteiger partial charge in [-0.15, -0.1) is 0 Å². The van der Waals surface area contributed by atoms with Crippen LogP contribution in [-0.2, 0) is 4.79 Å². The highest BCUT2D eigenvalue weighted by Gasteiger charge is 2.39. The fraction of sp³-hybridized carbons (Fsp3) is 0.381.